The molecule has 2 N–H and O–H groups in total. The van der Waals surface area contributed by atoms with Crippen LogP contribution < -0.4 is 10.1 Å². The Morgan fingerprint density at radius 3 is 2.70 bits per heavy atom. The van der Waals surface area contributed by atoms with E-state index in [9.17, 15) is 9.18 Å². The smallest absolute Gasteiger partial charge is 0.223 e. The van der Waals surface area contributed by atoms with Gasteiger partial charge in [-0.25, -0.2) is 4.39 Å². The first-order chi connectivity index (χ1) is 9.65. The second kappa shape index (κ2) is 9.31. The third-order valence-corrected chi connectivity index (χ3v) is 3.11. The molecule has 0 aromatic heterocycles. The Morgan fingerprint density at radius 1 is 1.40 bits per heavy atom. The maximum absolute atomic E-state index is 12.7. The Labute approximate surface area is 119 Å². The molecule has 0 saturated heterocycles. The molecule has 0 spiro atoms. The van der Waals surface area contributed by atoms with Crippen LogP contribution in [0.5, 0.6) is 5.75 Å². The summed E-state index contributed by atoms with van der Waals surface area (Å²) in [6.07, 6.45) is 1.88. The molecule has 1 unspecified atom stereocenters. The molecule has 0 radical (unpaired) electrons. The Hall–Kier alpha value is -1.62. The van der Waals surface area contributed by atoms with Gasteiger partial charge >= 0.3 is 0 Å². The van der Waals surface area contributed by atoms with E-state index in [1.54, 1.807) is 0 Å². The number of rotatable bonds is 9. The van der Waals surface area contributed by atoms with Gasteiger partial charge in [-0.1, -0.05) is 13.3 Å². The van der Waals surface area contributed by atoms with Crippen molar-refractivity contribution < 1.29 is 19.0 Å². The Kier molecular flexibility index (Phi) is 7.65. The Morgan fingerprint density at radius 2 is 2.10 bits per heavy atom. The van der Waals surface area contributed by atoms with Gasteiger partial charge in [0.25, 0.3) is 0 Å². The standard InChI is InChI=1S/C15H22FNO3/c1-2-12(7-9-18)11-17-15(19)8-10-20-14-5-3-13(16)4-6-14/h3-6,12,18H,2,7-11H2,1H3,(H,17,19). The number of ether oxygens (including phenoxy) is 1. The number of aliphatic hydroxyl groups is 1. The lowest BCUT2D eigenvalue weighted by Crippen LogP contribution is -2.30. The number of hydrogen-bond donors (Lipinski definition) is 2. The van der Waals surface area contributed by atoms with Crippen molar-refractivity contribution in [2.75, 3.05) is 19.8 Å². The van der Waals surface area contributed by atoms with Gasteiger partial charge in [-0.15, -0.1) is 0 Å². The molecule has 4 nitrogen and oxygen atoms in total. The molecule has 1 rings (SSSR count). The lowest BCUT2D eigenvalue weighted by atomic mass is 10.0. The van der Waals surface area contributed by atoms with E-state index >= 15 is 0 Å². The second-order valence-electron chi connectivity index (χ2n) is 4.64. The average Bonchev–Trinajstić information content (AvgIpc) is 2.45. The number of hydrogen-bond acceptors (Lipinski definition) is 3. The van der Waals surface area contributed by atoms with Gasteiger partial charge in [0.05, 0.1) is 13.0 Å². The average molecular weight is 283 g/mol. The van der Waals surface area contributed by atoms with Crippen molar-refractivity contribution in [3.05, 3.63) is 30.1 Å². The van der Waals surface area contributed by atoms with Crippen LogP contribution in [0.2, 0.25) is 0 Å². The number of benzene rings is 1. The molecular formula is C15H22FNO3. The number of nitrogens with one attached hydrogen (secondary N) is 1. The summed E-state index contributed by atoms with van der Waals surface area (Å²) in [5.41, 5.74) is 0. The summed E-state index contributed by atoms with van der Waals surface area (Å²) >= 11 is 0. The van der Waals surface area contributed by atoms with E-state index in [2.05, 4.69) is 5.32 Å². The van der Waals surface area contributed by atoms with Crippen LogP contribution in [-0.4, -0.2) is 30.8 Å². The molecule has 1 aromatic carbocycles. The number of carbonyl (C=O) groups is 1. The lowest BCUT2D eigenvalue weighted by molar-refractivity contribution is -0.121. The number of amides is 1. The predicted octanol–water partition coefficient (Wildman–Crippen LogP) is 2.12. The zero-order valence-electron chi connectivity index (χ0n) is 11.8. The van der Waals surface area contributed by atoms with Gasteiger partial charge in [0, 0.05) is 13.2 Å². The highest BCUT2D eigenvalue weighted by Gasteiger charge is 2.08. The van der Waals surface area contributed by atoms with Gasteiger partial charge in [0.1, 0.15) is 11.6 Å². The summed E-state index contributed by atoms with van der Waals surface area (Å²) in [6, 6.07) is 5.69. The van der Waals surface area contributed by atoms with Crippen LogP contribution >= 0.6 is 0 Å². The molecule has 112 valence electrons. The SMILES string of the molecule is CCC(CCO)CNC(=O)CCOc1ccc(F)cc1. The van der Waals surface area contributed by atoms with Crippen LogP contribution in [0.4, 0.5) is 4.39 Å². The normalized spacial score (nSPS) is 11.9. The van der Waals surface area contributed by atoms with Crippen LogP contribution in [0.3, 0.4) is 0 Å². The molecule has 0 aliphatic carbocycles. The molecule has 5 heteroatoms. The predicted molar refractivity (Wildman–Crippen MR) is 75.0 cm³/mol. The molecule has 0 fully saturated rings. The van der Waals surface area contributed by atoms with Crippen molar-refractivity contribution in [1.29, 1.82) is 0 Å². The fourth-order valence-corrected chi connectivity index (χ4v) is 1.77. The lowest BCUT2D eigenvalue weighted by Gasteiger charge is -2.14. The van der Waals surface area contributed by atoms with Crippen LogP contribution in [-0.2, 0) is 4.79 Å². The van der Waals surface area contributed by atoms with Crippen molar-refractivity contribution >= 4 is 5.91 Å². The highest BCUT2D eigenvalue weighted by atomic mass is 19.1. The molecule has 0 saturated carbocycles. The number of carbonyl (C=O) groups excluding carboxylic acids is 1. The van der Waals surface area contributed by atoms with Crippen molar-refractivity contribution in [3.8, 4) is 5.75 Å². The first-order valence-corrected chi connectivity index (χ1v) is 6.91. The third-order valence-electron chi connectivity index (χ3n) is 3.11. The fourth-order valence-electron chi connectivity index (χ4n) is 1.77. The fraction of sp³-hybridized carbons (Fsp3) is 0.533. The minimum Gasteiger partial charge on any atom is -0.493 e. The first-order valence-electron chi connectivity index (χ1n) is 6.91. The molecule has 0 bridgehead atoms. The molecule has 1 aromatic rings. The first kappa shape index (κ1) is 16.4. The van der Waals surface area contributed by atoms with Gasteiger partial charge in [-0.05, 0) is 36.6 Å². The molecule has 0 aliphatic heterocycles. The molecule has 1 amide bonds. The monoisotopic (exact) mass is 283 g/mol. The van der Waals surface area contributed by atoms with Crippen LogP contribution in [0.15, 0.2) is 24.3 Å². The molecule has 0 heterocycles. The molecule has 20 heavy (non-hydrogen) atoms. The Bertz CT molecular complexity index is 395. The van der Waals surface area contributed by atoms with Crippen molar-refractivity contribution in [3.63, 3.8) is 0 Å². The van der Waals surface area contributed by atoms with E-state index in [4.69, 9.17) is 9.84 Å². The summed E-state index contributed by atoms with van der Waals surface area (Å²) in [5.74, 6) is 0.459. The van der Waals surface area contributed by atoms with Gasteiger partial charge in [-0.3, -0.25) is 4.79 Å². The minimum atomic E-state index is -0.315. The van der Waals surface area contributed by atoms with E-state index in [0.717, 1.165) is 6.42 Å². The summed E-state index contributed by atoms with van der Waals surface area (Å²) in [5, 5.41) is 11.7. The van der Waals surface area contributed by atoms with Gasteiger partial charge < -0.3 is 15.2 Å². The second-order valence-corrected chi connectivity index (χ2v) is 4.64. The Balaban J connectivity index is 2.18. The van der Waals surface area contributed by atoms with Crippen LogP contribution in [0.25, 0.3) is 0 Å². The van der Waals surface area contributed by atoms with Gasteiger partial charge in [0.2, 0.25) is 5.91 Å². The largest absolute Gasteiger partial charge is 0.493 e. The van der Waals surface area contributed by atoms with E-state index in [1.165, 1.54) is 24.3 Å². The minimum absolute atomic E-state index is 0.0801. The highest BCUT2D eigenvalue weighted by molar-refractivity contribution is 5.75. The molecule has 1 atom stereocenters. The van der Waals surface area contributed by atoms with Crippen molar-refractivity contribution in [1.82, 2.24) is 5.32 Å². The van der Waals surface area contributed by atoms with Gasteiger partial charge in [-0.2, -0.15) is 0 Å². The third kappa shape index (κ3) is 6.52. The zero-order valence-corrected chi connectivity index (χ0v) is 11.8. The summed E-state index contributed by atoms with van der Waals surface area (Å²) in [6.45, 7) is 3.01. The maximum atomic E-state index is 12.7. The maximum Gasteiger partial charge on any atom is 0.223 e. The summed E-state index contributed by atoms with van der Waals surface area (Å²) < 4.78 is 18.0. The van der Waals surface area contributed by atoms with Crippen molar-refractivity contribution in [2.45, 2.75) is 26.2 Å². The van der Waals surface area contributed by atoms with E-state index in [-0.39, 0.29) is 31.4 Å². The van der Waals surface area contributed by atoms with E-state index in [0.29, 0.717) is 24.6 Å². The summed E-state index contributed by atoms with van der Waals surface area (Å²) in [7, 11) is 0. The van der Waals surface area contributed by atoms with Gasteiger partial charge in [0.15, 0.2) is 0 Å². The molecule has 0 aliphatic rings. The van der Waals surface area contributed by atoms with E-state index < -0.39 is 0 Å². The quantitative estimate of drug-likeness (QED) is 0.730. The summed E-state index contributed by atoms with van der Waals surface area (Å²) in [4.78, 5) is 11.6. The van der Waals surface area contributed by atoms with Crippen LogP contribution in [0.1, 0.15) is 26.2 Å². The van der Waals surface area contributed by atoms with E-state index in [1.807, 2.05) is 6.92 Å². The molecular weight excluding hydrogens is 261 g/mol. The number of halogens is 1. The highest BCUT2D eigenvalue weighted by Crippen LogP contribution is 2.11. The zero-order chi connectivity index (χ0) is 14.8. The number of aliphatic hydroxyl groups excluding tert-OH is 1. The topological polar surface area (TPSA) is 58.6 Å². The van der Waals surface area contributed by atoms with Crippen LogP contribution in [0, 0.1) is 11.7 Å². The van der Waals surface area contributed by atoms with Crippen molar-refractivity contribution in [2.24, 2.45) is 5.92 Å².